The van der Waals surface area contributed by atoms with Crippen LogP contribution in [0.2, 0.25) is 0 Å². The zero-order valence-corrected chi connectivity index (χ0v) is 16.3. The summed E-state index contributed by atoms with van der Waals surface area (Å²) in [6.45, 7) is 9.02. The molecule has 0 bridgehead atoms. The van der Waals surface area contributed by atoms with Crippen LogP contribution in [0, 0.1) is 12.7 Å². The number of nitrogens with zero attached hydrogens (tertiary/aromatic N) is 4. The van der Waals surface area contributed by atoms with Crippen LogP contribution in [0.3, 0.4) is 0 Å². The van der Waals surface area contributed by atoms with Crippen molar-refractivity contribution >= 4 is 11.7 Å². The Hall–Kier alpha value is -2.50. The molecule has 144 valence electrons. The zero-order chi connectivity index (χ0) is 19.4. The third-order valence-corrected chi connectivity index (χ3v) is 5.02. The van der Waals surface area contributed by atoms with Crippen molar-refractivity contribution in [1.29, 1.82) is 0 Å². The molecule has 0 radical (unpaired) electrons. The predicted octanol–water partition coefficient (Wildman–Crippen LogP) is 3.60. The Balaban J connectivity index is 1.87. The van der Waals surface area contributed by atoms with Gasteiger partial charge >= 0.3 is 0 Å². The molecule has 0 unspecified atom stereocenters. The highest BCUT2D eigenvalue weighted by Crippen LogP contribution is 2.27. The molecular formula is C21H27FN4O. The number of aryl methyl sites for hydroxylation is 1. The smallest absolute Gasteiger partial charge is 0.222 e. The van der Waals surface area contributed by atoms with Gasteiger partial charge < -0.3 is 9.80 Å². The Morgan fingerprint density at radius 2 is 1.89 bits per heavy atom. The third kappa shape index (κ3) is 4.26. The van der Waals surface area contributed by atoms with Crippen LogP contribution < -0.4 is 4.90 Å². The van der Waals surface area contributed by atoms with Gasteiger partial charge in [0.15, 0.2) is 5.82 Å². The van der Waals surface area contributed by atoms with Gasteiger partial charge in [-0.1, -0.05) is 26.0 Å². The number of amides is 1. The van der Waals surface area contributed by atoms with E-state index in [0.29, 0.717) is 30.9 Å². The number of carbonyl (C=O) groups is 1. The number of hydrogen-bond acceptors (Lipinski definition) is 4. The van der Waals surface area contributed by atoms with Gasteiger partial charge in [-0.3, -0.25) is 4.79 Å². The molecule has 0 spiro atoms. The van der Waals surface area contributed by atoms with Gasteiger partial charge in [-0.05, 0) is 31.9 Å². The Morgan fingerprint density at radius 1 is 1.15 bits per heavy atom. The van der Waals surface area contributed by atoms with Gasteiger partial charge in [-0.25, -0.2) is 14.4 Å². The summed E-state index contributed by atoms with van der Waals surface area (Å²) < 4.78 is 13.6. The van der Waals surface area contributed by atoms with E-state index in [9.17, 15) is 9.18 Å². The average Bonchev–Trinajstić information content (AvgIpc) is 2.67. The molecule has 6 heteroatoms. The van der Waals surface area contributed by atoms with E-state index in [2.05, 4.69) is 16.8 Å². The molecule has 0 saturated carbocycles. The van der Waals surface area contributed by atoms with Crippen LogP contribution >= 0.6 is 0 Å². The summed E-state index contributed by atoms with van der Waals surface area (Å²) in [5.74, 6) is 1.39. The van der Waals surface area contributed by atoms with Gasteiger partial charge in [0.1, 0.15) is 11.6 Å². The van der Waals surface area contributed by atoms with Crippen molar-refractivity contribution in [2.24, 2.45) is 0 Å². The molecule has 0 aliphatic carbocycles. The second kappa shape index (κ2) is 8.46. The average molecular weight is 370 g/mol. The van der Waals surface area contributed by atoms with Crippen LogP contribution in [0.25, 0.3) is 11.4 Å². The van der Waals surface area contributed by atoms with Crippen molar-refractivity contribution in [2.45, 2.75) is 40.0 Å². The van der Waals surface area contributed by atoms with E-state index in [-0.39, 0.29) is 11.7 Å². The minimum Gasteiger partial charge on any atom is -0.353 e. The minimum absolute atomic E-state index is 0.229. The number of anilines is 1. The number of hydrogen-bond donors (Lipinski definition) is 0. The summed E-state index contributed by atoms with van der Waals surface area (Å²) in [7, 11) is 0. The normalized spacial score (nSPS) is 14.5. The first-order valence-corrected chi connectivity index (χ1v) is 9.69. The minimum atomic E-state index is -0.294. The highest BCUT2D eigenvalue weighted by molar-refractivity contribution is 5.76. The molecule has 1 aromatic heterocycles. The molecular weight excluding hydrogens is 343 g/mol. The molecule has 27 heavy (non-hydrogen) atoms. The maximum atomic E-state index is 13.6. The molecule has 1 amide bonds. The summed E-state index contributed by atoms with van der Waals surface area (Å²) in [5.41, 5.74) is 2.72. The second-order valence-corrected chi connectivity index (χ2v) is 6.92. The first-order valence-electron chi connectivity index (χ1n) is 9.69. The van der Waals surface area contributed by atoms with Gasteiger partial charge in [0, 0.05) is 49.4 Å². The summed E-state index contributed by atoms with van der Waals surface area (Å²) in [6.07, 6.45) is 2.32. The van der Waals surface area contributed by atoms with Gasteiger partial charge in [0.05, 0.1) is 0 Å². The number of rotatable bonds is 5. The SMILES string of the molecule is CCCC(=O)N1CCN(c2nc(-c3cccc(F)c3)nc(C)c2CC)CC1. The van der Waals surface area contributed by atoms with Gasteiger partial charge in [0.25, 0.3) is 0 Å². The molecule has 2 heterocycles. The molecule has 5 nitrogen and oxygen atoms in total. The lowest BCUT2D eigenvalue weighted by molar-refractivity contribution is -0.131. The maximum absolute atomic E-state index is 13.6. The largest absolute Gasteiger partial charge is 0.353 e. The second-order valence-electron chi connectivity index (χ2n) is 6.92. The van der Waals surface area contributed by atoms with Crippen LogP contribution in [0.4, 0.5) is 10.2 Å². The van der Waals surface area contributed by atoms with E-state index in [0.717, 1.165) is 43.0 Å². The number of piperazine rings is 1. The number of aromatic nitrogens is 2. The Bertz CT molecular complexity index is 816. The number of halogens is 1. The molecule has 1 saturated heterocycles. The summed E-state index contributed by atoms with van der Waals surface area (Å²) in [6, 6.07) is 6.39. The zero-order valence-electron chi connectivity index (χ0n) is 16.3. The topological polar surface area (TPSA) is 49.3 Å². The third-order valence-electron chi connectivity index (χ3n) is 5.02. The molecule has 1 fully saturated rings. The van der Waals surface area contributed by atoms with Crippen LogP contribution in [0.5, 0.6) is 0 Å². The maximum Gasteiger partial charge on any atom is 0.222 e. The molecule has 0 atom stereocenters. The molecule has 1 aliphatic heterocycles. The molecule has 0 N–H and O–H groups in total. The van der Waals surface area contributed by atoms with E-state index in [1.807, 2.05) is 24.8 Å². The van der Waals surface area contributed by atoms with Crippen LogP contribution in [-0.2, 0) is 11.2 Å². The van der Waals surface area contributed by atoms with Gasteiger partial charge in [-0.2, -0.15) is 0 Å². The van der Waals surface area contributed by atoms with Crippen molar-refractivity contribution < 1.29 is 9.18 Å². The van der Waals surface area contributed by atoms with Crippen molar-refractivity contribution in [3.63, 3.8) is 0 Å². The predicted molar refractivity (Wildman–Crippen MR) is 105 cm³/mol. The lowest BCUT2D eigenvalue weighted by Gasteiger charge is -2.36. The fourth-order valence-corrected chi connectivity index (χ4v) is 3.55. The summed E-state index contributed by atoms with van der Waals surface area (Å²) >= 11 is 0. The fraction of sp³-hybridized carbons (Fsp3) is 0.476. The first kappa shape index (κ1) is 19.3. The quantitative estimate of drug-likeness (QED) is 0.807. The van der Waals surface area contributed by atoms with Crippen LogP contribution in [0.15, 0.2) is 24.3 Å². The number of benzene rings is 1. The standard InChI is InChI=1S/C21H27FN4O/c1-4-7-19(27)25-10-12-26(13-11-25)21-18(5-2)15(3)23-20(24-21)16-8-6-9-17(22)14-16/h6,8-9,14H,4-5,7,10-13H2,1-3H3. The van der Waals surface area contributed by atoms with Crippen molar-refractivity contribution in [3.05, 3.63) is 41.3 Å². The summed E-state index contributed by atoms with van der Waals surface area (Å²) in [5, 5.41) is 0. The van der Waals surface area contributed by atoms with Gasteiger partial charge in [0.2, 0.25) is 5.91 Å². The van der Waals surface area contributed by atoms with Crippen LogP contribution in [0.1, 0.15) is 37.9 Å². The summed E-state index contributed by atoms with van der Waals surface area (Å²) in [4.78, 5) is 25.7. The highest BCUT2D eigenvalue weighted by Gasteiger charge is 2.24. The lowest BCUT2D eigenvalue weighted by atomic mass is 10.1. The molecule has 3 rings (SSSR count). The Kier molecular flexibility index (Phi) is 6.04. The van der Waals surface area contributed by atoms with Crippen molar-refractivity contribution in [2.75, 3.05) is 31.1 Å². The van der Waals surface area contributed by atoms with Gasteiger partial charge in [-0.15, -0.1) is 0 Å². The molecule has 1 aromatic carbocycles. The highest BCUT2D eigenvalue weighted by atomic mass is 19.1. The van der Waals surface area contributed by atoms with E-state index in [1.165, 1.54) is 12.1 Å². The Labute approximate surface area is 160 Å². The van der Waals surface area contributed by atoms with Crippen molar-refractivity contribution in [3.8, 4) is 11.4 Å². The van der Waals surface area contributed by atoms with Crippen molar-refractivity contribution in [1.82, 2.24) is 14.9 Å². The first-order chi connectivity index (χ1) is 13.0. The Morgan fingerprint density at radius 3 is 2.52 bits per heavy atom. The van der Waals surface area contributed by atoms with E-state index in [1.54, 1.807) is 6.07 Å². The molecule has 2 aromatic rings. The van der Waals surface area contributed by atoms with E-state index < -0.39 is 0 Å². The lowest BCUT2D eigenvalue weighted by Crippen LogP contribution is -2.49. The van der Waals surface area contributed by atoms with Crippen LogP contribution in [-0.4, -0.2) is 47.0 Å². The fourth-order valence-electron chi connectivity index (χ4n) is 3.55. The van der Waals surface area contributed by atoms with E-state index in [4.69, 9.17) is 4.98 Å². The monoisotopic (exact) mass is 370 g/mol. The molecule has 1 aliphatic rings. The van der Waals surface area contributed by atoms with E-state index >= 15 is 0 Å². The number of carbonyl (C=O) groups excluding carboxylic acids is 1.